The number of nitrogens with zero attached hydrogens (tertiary/aromatic N) is 1. The first-order valence-electron chi connectivity index (χ1n) is 6.19. The van der Waals surface area contributed by atoms with Gasteiger partial charge in [-0.25, -0.2) is 4.98 Å². The van der Waals surface area contributed by atoms with Crippen LogP contribution in [0.1, 0.15) is 31.7 Å². The highest BCUT2D eigenvalue weighted by Crippen LogP contribution is 2.22. The second-order valence-electron chi connectivity index (χ2n) is 4.60. The van der Waals surface area contributed by atoms with Crippen molar-refractivity contribution in [1.29, 1.82) is 0 Å². The molecular weight excluding hydrogens is 280 g/mol. The number of aromatic nitrogens is 1. The monoisotopic (exact) mass is 298 g/mol. The average Bonchev–Trinajstić information content (AvgIpc) is 2.34. The maximum Gasteiger partial charge on any atom is 0.109 e. The van der Waals surface area contributed by atoms with Gasteiger partial charge in [-0.05, 0) is 53.7 Å². The van der Waals surface area contributed by atoms with Crippen molar-refractivity contribution >= 4 is 21.6 Å². The van der Waals surface area contributed by atoms with Gasteiger partial charge in [-0.2, -0.15) is 0 Å². The van der Waals surface area contributed by atoms with Gasteiger partial charge in [0, 0.05) is 12.6 Å². The number of nitrogens with one attached hydrogen (secondary N) is 1. The molecule has 1 aliphatic rings. The van der Waals surface area contributed by atoms with Crippen LogP contribution in [-0.2, 0) is 4.74 Å². The molecule has 1 N–H and O–H groups in total. The van der Waals surface area contributed by atoms with E-state index in [1.54, 1.807) is 0 Å². The smallest absolute Gasteiger partial charge is 0.109 e. The highest BCUT2D eigenvalue weighted by atomic mass is 79.9. The minimum Gasteiger partial charge on any atom is -0.381 e. The minimum atomic E-state index is 0.408. The summed E-state index contributed by atoms with van der Waals surface area (Å²) in [7, 11) is 0. The summed E-state index contributed by atoms with van der Waals surface area (Å²) in [5.41, 5.74) is 2.27. The van der Waals surface area contributed by atoms with Gasteiger partial charge in [0.15, 0.2) is 0 Å². The lowest BCUT2D eigenvalue weighted by Crippen LogP contribution is -2.33. The fraction of sp³-hybridized carbons (Fsp3) is 0.615. The van der Waals surface area contributed by atoms with Crippen LogP contribution in [-0.4, -0.2) is 23.7 Å². The number of ether oxygens (including phenoxy) is 1. The van der Waals surface area contributed by atoms with E-state index in [-0.39, 0.29) is 0 Å². The van der Waals surface area contributed by atoms with Crippen LogP contribution in [0.3, 0.4) is 0 Å². The number of anilines is 1. The molecule has 0 aromatic carbocycles. The molecule has 0 aliphatic carbocycles. The topological polar surface area (TPSA) is 34.2 Å². The van der Waals surface area contributed by atoms with E-state index in [4.69, 9.17) is 4.74 Å². The van der Waals surface area contributed by atoms with E-state index in [9.17, 15) is 0 Å². The summed E-state index contributed by atoms with van der Waals surface area (Å²) in [6, 6.07) is 2.64. The zero-order chi connectivity index (χ0) is 12.3. The highest BCUT2D eigenvalue weighted by Gasteiger charge is 2.21. The molecule has 94 valence electrons. The first-order valence-corrected chi connectivity index (χ1v) is 6.98. The Labute approximate surface area is 111 Å². The van der Waals surface area contributed by atoms with Crippen LogP contribution in [0.4, 0.5) is 5.69 Å². The lowest BCUT2D eigenvalue weighted by molar-refractivity contribution is 0.00925. The van der Waals surface area contributed by atoms with Gasteiger partial charge in [0.25, 0.3) is 0 Å². The first-order chi connectivity index (χ1) is 8.19. The Morgan fingerprint density at radius 3 is 3.12 bits per heavy atom. The van der Waals surface area contributed by atoms with Gasteiger partial charge in [0.05, 0.1) is 18.0 Å². The van der Waals surface area contributed by atoms with Gasteiger partial charge >= 0.3 is 0 Å². The Bertz CT molecular complexity index is 384. The third-order valence-electron chi connectivity index (χ3n) is 3.21. The van der Waals surface area contributed by atoms with E-state index in [1.165, 1.54) is 0 Å². The summed E-state index contributed by atoms with van der Waals surface area (Å²) in [6.07, 6.45) is 5.55. The van der Waals surface area contributed by atoms with Crippen LogP contribution in [0.5, 0.6) is 0 Å². The molecule has 2 atom stereocenters. The Kier molecular flexibility index (Phi) is 4.40. The number of rotatable bonds is 3. The zero-order valence-corrected chi connectivity index (χ0v) is 12.0. The van der Waals surface area contributed by atoms with Crippen LogP contribution < -0.4 is 5.32 Å². The summed E-state index contributed by atoms with van der Waals surface area (Å²) < 4.78 is 6.59. The predicted molar refractivity (Wildman–Crippen MR) is 73.3 cm³/mol. The third kappa shape index (κ3) is 3.42. The lowest BCUT2D eigenvalue weighted by atomic mass is 10.0. The van der Waals surface area contributed by atoms with Crippen molar-refractivity contribution in [2.24, 2.45) is 0 Å². The van der Waals surface area contributed by atoms with E-state index >= 15 is 0 Å². The molecule has 2 rings (SSSR count). The van der Waals surface area contributed by atoms with Crippen LogP contribution in [0.15, 0.2) is 16.9 Å². The van der Waals surface area contributed by atoms with Crippen molar-refractivity contribution in [3.63, 3.8) is 0 Å². The van der Waals surface area contributed by atoms with E-state index < -0.39 is 0 Å². The standard InChI is InChI=1S/C13H19BrN2O/c1-3-12-7-10(4-5-17-12)16-11-6-9(2)13(14)15-8-11/h6,8,10,12,16H,3-5,7H2,1-2H3. The SMILES string of the molecule is CCC1CC(Nc2cnc(Br)c(C)c2)CCO1. The number of hydrogen-bond donors (Lipinski definition) is 1. The molecule has 2 heterocycles. The quantitative estimate of drug-likeness (QED) is 0.867. The predicted octanol–water partition coefficient (Wildman–Crippen LogP) is 3.52. The normalized spacial score (nSPS) is 24.6. The van der Waals surface area contributed by atoms with Crippen LogP contribution in [0, 0.1) is 6.92 Å². The third-order valence-corrected chi connectivity index (χ3v) is 4.04. The Morgan fingerprint density at radius 2 is 2.41 bits per heavy atom. The molecule has 1 aliphatic heterocycles. The van der Waals surface area contributed by atoms with Crippen LogP contribution in [0.25, 0.3) is 0 Å². The van der Waals surface area contributed by atoms with Crippen molar-refractivity contribution in [3.05, 3.63) is 22.4 Å². The van der Waals surface area contributed by atoms with Gasteiger partial charge < -0.3 is 10.1 Å². The molecule has 0 amide bonds. The molecule has 3 nitrogen and oxygen atoms in total. The second kappa shape index (κ2) is 5.83. The summed E-state index contributed by atoms with van der Waals surface area (Å²) in [6.45, 7) is 5.10. The van der Waals surface area contributed by atoms with Crippen LogP contribution >= 0.6 is 15.9 Å². The Hall–Kier alpha value is -0.610. The molecule has 2 unspecified atom stereocenters. The largest absolute Gasteiger partial charge is 0.381 e. The Balaban J connectivity index is 1.97. The molecule has 0 saturated carbocycles. The molecule has 0 radical (unpaired) electrons. The average molecular weight is 299 g/mol. The van der Waals surface area contributed by atoms with Gasteiger partial charge in [0.2, 0.25) is 0 Å². The minimum absolute atomic E-state index is 0.408. The zero-order valence-electron chi connectivity index (χ0n) is 10.4. The molecule has 0 spiro atoms. The van der Waals surface area contributed by atoms with Gasteiger partial charge in [-0.3, -0.25) is 0 Å². The second-order valence-corrected chi connectivity index (χ2v) is 5.35. The number of hydrogen-bond acceptors (Lipinski definition) is 3. The first kappa shape index (κ1) is 12.8. The van der Waals surface area contributed by atoms with Crippen molar-refractivity contribution in [3.8, 4) is 0 Å². The van der Waals surface area contributed by atoms with Gasteiger partial charge in [0.1, 0.15) is 4.60 Å². The molecule has 0 bridgehead atoms. The number of halogens is 1. The molecule has 17 heavy (non-hydrogen) atoms. The number of aryl methyl sites for hydroxylation is 1. The summed E-state index contributed by atoms with van der Waals surface area (Å²) in [5.74, 6) is 0. The molecule has 1 saturated heterocycles. The maximum absolute atomic E-state index is 5.67. The molecule has 1 aromatic heterocycles. The molecule has 4 heteroatoms. The van der Waals surface area contributed by atoms with Gasteiger partial charge in [-0.1, -0.05) is 6.92 Å². The highest BCUT2D eigenvalue weighted by molar-refractivity contribution is 9.10. The van der Waals surface area contributed by atoms with Crippen molar-refractivity contribution in [2.75, 3.05) is 11.9 Å². The molecule has 1 aromatic rings. The fourth-order valence-corrected chi connectivity index (χ4v) is 2.39. The summed E-state index contributed by atoms with van der Waals surface area (Å²) >= 11 is 3.42. The Morgan fingerprint density at radius 1 is 1.59 bits per heavy atom. The van der Waals surface area contributed by atoms with Crippen LogP contribution in [0.2, 0.25) is 0 Å². The van der Waals surface area contributed by atoms with E-state index in [0.29, 0.717) is 12.1 Å². The fourth-order valence-electron chi connectivity index (χ4n) is 2.17. The van der Waals surface area contributed by atoms with Crippen molar-refractivity contribution in [1.82, 2.24) is 4.98 Å². The summed E-state index contributed by atoms with van der Waals surface area (Å²) in [4.78, 5) is 4.31. The number of pyridine rings is 1. The maximum atomic E-state index is 5.67. The van der Waals surface area contributed by atoms with E-state index in [1.807, 2.05) is 6.20 Å². The van der Waals surface area contributed by atoms with E-state index in [0.717, 1.165) is 41.7 Å². The van der Waals surface area contributed by atoms with E-state index in [2.05, 4.69) is 46.1 Å². The lowest BCUT2D eigenvalue weighted by Gasteiger charge is -2.30. The van der Waals surface area contributed by atoms with Crippen molar-refractivity contribution in [2.45, 2.75) is 45.3 Å². The van der Waals surface area contributed by atoms with Gasteiger partial charge in [-0.15, -0.1) is 0 Å². The molecular formula is C13H19BrN2O. The summed E-state index contributed by atoms with van der Waals surface area (Å²) in [5, 5.41) is 3.55. The molecule has 1 fully saturated rings. The van der Waals surface area contributed by atoms with Crippen molar-refractivity contribution < 1.29 is 4.74 Å².